The van der Waals surface area contributed by atoms with E-state index in [1.807, 2.05) is 30.5 Å². The molecule has 0 unspecified atom stereocenters. The van der Waals surface area contributed by atoms with Crippen molar-refractivity contribution in [2.45, 2.75) is 34.2 Å². The van der Waals surface area contributed by atoms with Crippen LogP contribution in [0, 0.1) is 27.7 Å². The number of rotatable bonds is 4. The molecule has 0 amide bonds. The van der Waals surface area contributed by atoms with Crippen LogP contribution in [0.15, 0.2) is 46.2 Å². The molecule has 162 valence electrons. The minimum Gasteiger partial charge on any atom is -0.378 e. The van der Waals surface area contributed by atoms with Crippen LogP contribution in [0.5, 0.6) is 0 Å². The van der Waals surface area contributed by atoms with Crippen molar-refractivity contribution in [3.63, 3.8) is 0 Å². The number of H-pyrrole nitrogens is 1. The van der Waals surface area contributed by atoms with E-state index in [0.29, 0.717) is 17.7 Å². The molecule has 0 saturated heterocycles. The smallest absolute Gasteiger partial charge is 0.328 e. The van der Waals surface area contributed by atoms with Crippen LogP contribution in [0.2, 0.25) is 0 Å². The maximum Gasteiger partial charge on any atom is 0.328 e. The van der Waals surface area contributed by atoms with E-state index in [1.165, 1.54) is 21.3 Å². The summed E-state index contributed by atoms with van der Waals surface area (Å²) in [4.78, 5) is 31.3. The number of aryl methyl sites for hydroxylation is 5. The van der Waals surface area contributed by atoms with Gasteiger partial charge >= 0.3 is 5.69 Å². The van der Waals surface area contributed by atoms with Crippen LogP contribution in [-0.4, -0.2) is 18.9 Å². The minimum absolute atomic E-state index is 0. The summed E-state index contributed by atoms with van der Waals surface area (Å²) in [5.41, 5.74) is 7.55. The second-order valence-electron chi connectivity index (χ2n) is 7.76. The number of hydrogen-bond donors (Lipinski definition) is 2. The van der Waals surface area contributed by atoms with Gasteiger partial charge in [0.25, 0.3) is 5.56 Å². The zero-order valence-corrected chi connectivity index (χ0v) is 19.1. The third-order valence-electron chi connectivity index (χ3n) is 5.71. The highest BCUT2D eigenvalue weighted by atomic mass is 35.5. The SMILES string of the molecule is Cc1cccc(C)c1CNc1cc(-c2cn(C)c(=O)[nH]c2=O)cn2c(C)c(C)nc12.Cl. The summed E-state index contributed by atoms with van der Waals surface area (Å²) >= 11 is 0. The summed E-state index contributed by atoms with van der Waals surface area (Å²) in [6.45, 7) is 8.82. The van der Waals surface area contributed by atoms with Crippen LogP contribution in [0.1, 0.15) is 28.1 Å². The average Bonchev–Trinajstić information content (AvgIpc) is 2.98. The van der Waals surface area contributed by atoms with Crippen LogP contribution in [0.4, 0.5) is 5.69 Å². The number of aromatic amines is 1. The Kier molecular flexibility index (Phi) is 6.08. The Hall–Kier alpha value is -3.32. The van der Waals surface area contributed by atoms with Gasteiger partial charge < -0.3 is 14.3 Å². The fourth-order valence-corrected chi connectivity index (χ4v) is 3.73. The highest BCUT2D eigenvalue weighted by Crippen LogP contribution is 2.27. The first-order valence-electron chi connectivity index (χ1n) is 9.85. The van der Waals surface area contributed by atoms with Crippen molar-refractivity contribution in [3.8, 4) is 11.1 Å². The maximum absolute atomic E-state index is 12.5. The highest BCUT2D eigenvalue weighted by molar-refractivity contribution is 5.85. The van der Waals surface area contributed by atoms with Crippen molar-refractivity contribution in [2.75, 3.05) is 5.32 Å². The summed E-state index contributed by atoms with van der Waals surface area (Å²) in [5, 5.41) is 3.52. The molecule has 31 heavy (non-hydrogen) atoms. The number of pyridine rings is 1. The Morgan fingerprint density at radius 2 is 1.74 bits per heavy atom. The first-order valence-corrected chi connectivity index (χ1v) is 9.85. The standard InChI is InChI=1S/C23H25N5O2.ClH/c1-13-7-6-8-14(2)18(13)10-24-20-9-17(11-28-16(4)15(3)25-21(20)28)19-12-27(5)23(30)26-22(19)29;/h6-9,11-12,24H,10H2,1-5H3,(H,26,29,30);1H. The molecule has 3 aromatic heterocycles. The van der Waals surface area contributed by atoms with Gasteiger partial charge in [-0.2, -0.15) is 0 Å². The molecule has 0 atom stereocenters. The van der Waals surface area contributed by atoms with E-state index >= 15 is 0 Å². The van der Waals surface area contributed by atoms with Crippen molar-refractivity contribution < 1.29 is 0 Å². The van der Waals surface area contributed by atoms with E-state index in [0.717, 1.165) is 22.7 Å². The molecule has 0 aliphatic carbocycles. The van der Waals surface area contributed by atoms with Gasteiger partial charge in [0.2, 0.25) is 0 Å². The monoisotopic (exact) mass is 439 g/mol. The van der Waals surface area contributed by atoms with E-state index in [2.05, 4.69) is 42.3 Å². The van der Waals surface area contributed by atoms with Gasteiger partial charge in [-0.05, 0) is 50.5 Å². The zero-order valence-electron chi connectivity index (χ0n) is 18.2. The normalized spacial score (nSPS) is 10.9. The molecule has 3 heterocycles. The Morgan fingerprint density at radius 3 is 2.42 bits per heavy atom. The lowest BCUT2D eigenvalue weighted by molar-refractivity contribution is 0.802. The largest absolute Gasteiger partial charge is 0.378 e. The molecule has 0 bridgehead atoms. The molecule has 0 spiro atoms. The number of imidazole rings is 1. The number of nitrogens with one attached hydrogen (secondary N) is 2. The van der Waals surface area contributed by atoms with Crippen molar-refractivity contribution in [1.29, 1.82) is 0 Å². The molecule has 8 heteroatoms. The quantitative estimate of drug-likeness (QED) is 0.508. The highest BCUT2D eigenvalue weighted by Gasteiger charge is 2.15. The summed E-state index contributed by atoms with van der Waals surface area (Å²) in [6.07, 6.45) is 3.46. The van der Waals surface area contributed by atoms with E-state index in [9.17, 15) is 9.59 Å². The first-order chi connectivity index (χ1) is 14.3. The van der Waals surface area contributed by atoms with E-state index in [1.54, 1.807) is 13.2 Å². The zero-order chi connectivity index (χ0) is 21.6. The lowest BCUT2D eigenvalue weighted by atomic mass is 10.0. The van der Waals surface area contributed by atoms with Gasteiger partial charge in [0, 0.05) is 37.2 Å². The minimum atomic E-state index is -0.437. The fraction of sp³-hybridized carbons (Fsp3) is 0.261. The van der Waals surface area contributed by atoms with Crippen LogP contribution < -0.4 is 16.6 Å². The Morgan fingerprint density at radius 1 is 1.06 bits per heavy atom. The summed E-state index contributed by atoms with van der Waals surface area (Å²) < 4.78 is 3.36. The van der Waals surface area contributed by atoms with E-state index in [4.69, 9.17) is 4.98 Å². The van der Waals surface area contributed by atoms with Crippen LogP contribution in [0.25, 0.3) is 16.8 Å². The molecule has 4 rings (SSSR count). The van der Waals surface area contributed by atoms with Gasteiger partial charge in [-0.3, -0.25) is 9.78 Å². The first kappa shape index (κ1) is 22.4. The Labute approximate surface area is 186 Å². The van der Waals surface area contributed by atoms with Gasteiger partial charge in [-0.15, -0.1) is 12.4 Å². The number of fused-ring (bicyclic) bond motifs is 1. The molecule has 1 aromatic carbocycles. The van der Waals surface area contributed by atoms with Crippen molar-refractivity contribution >= 4 is 23.7 Å². The number of anilines is 1. The van der Waals surface area contributed by atoms with Crippen molar-refractivity contribution in [3.05, 3.63) is 85.6 Å². The van der Waals surface area contributed by atoms with Gasteiger partial charge in [0.15, 0.2) is 5.65 Å². The van der Waals surface area contributed by atoms with Crippen molar-refractivity contribution in [1.82, 2.24) is 18.9 Å². The topological polar surface area (TPSA) is 84.2 Å². The lowest BCUT2D eigenvalue weighted by Gasteiger charge is -2.14. The third-order valence-corrected chi connectivity index (χ3v) is 5.71. The molecule has 0 fully saturated rings. The van der Waals surface area contributed by atoms with Crippen LogP contribution >= 0.6 is 12.4 Å². The third kappa shape index (κ3) is 4.01. The molecule has 0 aliphatic heterocycles. The van der Waals surface area contributed by atoms with E-state index in [-0.39, 0.29) is 12.4 Å². The molecule has 0 saturated carbocycles. The second-order valence-corrected chi connectivity index (χ2v) is 7.76. The van der Waals surface area contributed by atoms with E-state index < -0.39 is 11.2 Å². The van der Waals surface area contributed by atoms with Gasteiger partial charge in [-0.25, -0.2) is 9.78 Å². The molecule has 0 aliphatic rings. The lowest BCUT2D eigenvalue weighted by Crippen LogP contribution is -2.28. The molecule has 7 nitrogen and oxygen atoms in total. The molecular formula is C23H26ClN5O2. The summed E-state index contributed by atoms with van der Waals surface area (Å²) in [7, 11) is 1.62. The summed E-state index contributed by atoms with van der Waals surface area (Å²) in [5.74, 6) is 0. The fourth-order valence-electron chi connectivity index (χ4n) is 3.73. The average molecular weight is 440 g/mol. The number of nitrogens with zero attached hydrogens (tertiary/aromatic N) is 3. The second kappa shape index (κ2) is 8.43. The number of halogens is 1. The van der Waals surface area contributed by atoms with Gasteiger partial charge in [-0.1, -0.05) is 18.2 Å². The van der Waals surface area contributed by atoms with Crippen LogP contribution in [-0.2, 0) is 13.6 Å². The predicted octanol–water partition coefficient (Wildman–Crippen LogP) is 3.66. The summed E-state index contributed by atoms with van der Waals surface area (Å²) in [6, 6.07) is 8.18. The Bertz CT molecular complexity index is 1380. The maximum atomic E-state index is 12.5. The number of aromatic nitrogens is 4. The van der Waals surface area contributed by atoms with Gasteiger partial charge in [0.1, 0.15) is 0 Å². The molecular weight excluding hydrogens is 414 g/mol. The molecule has 4 aromatic rings. The molecule has 0 radical (unpaired) electrons. The number of benzene rings is 1. The predicted molar refractivity (Wildman–Crippen MR) is 126 cm³/mol. The van der Waals surface area contributed by atoms with Crippen LogP contribution in [0.3, 0.4) is 0 Å². The Balaban J connectivity index is 0.00000272. The van der Waals surface area contributed by atoms with Crippen molar-refractivity contribution in [2.24, 2.45) is 7.05 Å². The number of hydrogen-bond acceptors (Lipinski definition) is 4. The molecule has 2 N–H and O–H groups in total. The van der Waals surface area contributed by atoms with Gasteiger partial charge in [0.05, 0.1) is 16.9 Å².